The Balaban J connectivity index is 2.42. The molecule has 2 amide bonds. The molecule has 1 atom stereocenters. The molecule has 0 saturated carbocycles. The minimum absolute atomic E-state index is 0.157. The standard InChI is InChI=1S/C15H26N4O2/c1-4-5-12(8-9-20)10-17-15(21)18-13-6-7-14(16-11-13)19(2)3/h6-7,11-12,20H,4-5,8-10H2,1-3H3,(H2,17,18,21). The van der Waals surface area contributed by atoms with E-state index in [1.165, 1.54) is 0 Å². The van der Waals surface area contributed by atoms with E-state index in [1.807, 2.05) is 31.1 Å². The predicted molar refractivity (Wildman–Crippen MR) is 85.7 cm³/mol. The van der Waals surface area contributed by atoms with Crippen molar-refractivity contribution in [2.24, 2.45) is 5.92 Å². The van der Waals surface area contributed by atoms with Gasteiger partial charge in [-0.3, -0.25) is 0 Å². The monoisotopic (exact) mass is 294 g/mol. The van der Waals surface area contributed by atoms with Crippen molar-refractivity contribution in [3.63, 3.8) is 0 Å². The number of carbonyl (C=O) groups is 1. The molecule has 1 unspecified atom stereocenters. The van der Waals surface area contributed by atoms with Crippen molar-refractivity contribution in [3.05, 3.63) is 18.3 Å². The topological polar surface area (TPSA) is 77.5 Å². The minimum atomic E-state index is -0.242. The number of rotatable bonds is 8. The van der Waals surface area contributed by atoms with Gasteiger partial charge in [0.1, 0.15) is 5.82 Å². The van der Waals surface area contributed by atoms with Crippen LogP contribution in [0.3, 0.4) is 0 Å². The van der Waals surface area contributed by atoms with Crippen molar-refractivity contribution in [1.82, 2.24) is 10.3 Å². The van der Waals surface area contributed by atoms with E-state index in [0.717, 1.165) is 18.7 Å². The number of pyridine rings is 1. The Morgan fingerprint density at radius 1 is 1.38 bits per heavy atom. The molecule has 0 fully saturated rings. The molecule has 0 spiro atoms. The number of nitrogens with one attached hydrogen (secondary N) is 2. The van der Waals surface area contributed by atoms with Gasteiger partial charge in [0.2, 0.25) is 0 Å². The van der Waals surface area contributed by atoms with Gasteiger partial charge in [0, 0.05) is 27.2 Å². The Bertz CT molecular complexity index is 414. The first-order valence-corrected chi connectivity index (χ1v) is 7.35. The van der Waals surface area contributed by atoms with Gasteiger partial charge in [-0.15, -0.1) is 0 Å². The van der Waals surface area contributed by atoms with Gasteiger partial charge in [-0.05, 0) is 30.9 Å². The molecule has 0 bridgehead atoms. The smallest absolute Gasteiger partial charge is 0.319 e. The molecule has 0 aliphatic carbocycles. The van der Waals surface area contributed by atoms with Crippen molar-refractivity contribution < 1.29 is 9.90 Å². The van der Waals surface area contributed by atoms with E-state index in [9.17, 15) is 4.79 Å². The number of nitrogens with zero attached hydrogens (tertiary/aromatic N) is 2. The van der Waals surface area contributed by atoms with Gasteiger partial charge in [-0.1, -0.05) is 13.3 Å². The summed E-state index contributed by atoms with van der Waals surface area (Å²) < 4.78 is 0. The highest BCUT2D eigenvalue weighted by Crippen LogP contribution is 2.12. The fourth-order valence-corrected chi connectivity index (χ4v) is 2.08. The van der Waals surface area contributed by atoms with Crippen LogP contribution in [0.25, 0.3) is 0 Å². The van der Waals surface area contributed by atoms with E-state index >= 15 is 0 Å². The second kappa shape index (κ2) is 9.18. The van der Waals surface area contributed by atoms with Crippen molar-refractivity contribution in [2.45, 2.75) is 26.2 Å². The van der Waals surface area contributed by atoms with Crippen LogP contribution >= 0.6 is 0 Å². The van der Waals surface area contributed by atoms with Crippen molar-refractivity contribution in [1.29, 1.82) is 0 Å². The molecule has 1 aromatic heterocycles. The van der Waals surface area contributed by atoms with Crippen LogP contribution in [0.1, 0.15) is 26.2 Å². The summed E-state index contributed by atoms with van der Waals surface area (Å²) in [6.07, 6.45) is 4.39. The molecule has 0 radical (unpaired) electrons. The van der Waals surface area contributed by atoms with Crippen LogP contribution in [0.5, 0.6) is 0 Å². The Morgan fingerprint density at radius 3 is 2.67 bits per heavy atom. The first kappa shape index (κ1) is 17.2. The molecule has 1 aromatic rings. The number of carbonyl (C=O) groups excluding carboxylic acids is 1. The number of amides is 2. The molecule has 0 saturated heterocycles. The molecular weight excluding hydrogens is 268 g/mol. The number of urea groups is 1. The molecule has 6 nitrogen and oxygen atoms in total. The summed E-state index contributed by atoms with van der Waals surface area (Å²) in [5.41, 5.74) is 0.660. The van der Waals surface area contributed by atoms with Gasteiger partial charge in [0.25, 0.3) is 0 Å². The van der Waals surface area contributed by atoms with Gasteiger partial charge in [0.05, 0.1) is 11.9 Å². The first-order chi connectivity index (χ1) is 10.1. The van der Waals surface area contributed by atoms with Crippen molar-refractivity contribution >= 4 is 17.5 Å². The summed E-state index contributed by atoms with van der Waals surface area (Å²) >= 11 is 0. The lowest BCUT2D eigenvalue weighted by Gasteiger charge is -2.16. The SMILES string of the molecule is CCCC(CCO)CNC(=O)Nc1ccc(N(C)C)nc1. The van der Waals surface area contributed by atoms with Crippen LogP contribution in [-0.2, 0) is 0 Å². The van der Waals surface area contributed by atoms with Gasteiger partial charge < -0.3 is 20.6 Å². The van der Waals surface area contributed by atoms with Crippen LogP contribution in [0, 0.1) is 5.92 Å². The molecule has 6 heteroatoms. The normalized spacial score (nSPS) is 11.8. The van der Waals surface area contributed by atoms with Gasteiger partial charge in [-0.25, -0.2) is 9.78 Å². The lowest BCUT2D eigenvalue weighted by atomic mass is 10.0. The molecule has 0 aromatic carbocycles. The zero-order chi connectivity index (χ0) is 15.7. The third kappa shape index (κ3) is 6.44. The van der Waals surface area contributed by atoms with E-state index in [-0.39, 0.29) is 12.6 Å². The average molecular weight is 294 g/mol. The number of anilines is 2. The summed E-state index contributed by atoms with van der Waals surface area (Å²) in [4.78, 5) is 18.0. The Kier molecular flexibility index (Phi) is 7.53. The quantitative estimate of drug-likeness (QED) is 0.686. The summed E-state index contributed by atoms with van der Waals surface area (Å²) in [5.74, 6) is 1.16. The van der Waals surface area contributed by atoms with Crippen molar-refractivity contribution in [2.75, 3.05) is 37.5 Å². The maximum absolute atomic E-state index is 11.8. The molecule has 0 aliphatic heterocycles. The van der Waals surface area contributed by atoms with Crippen LogP contribution in [0.2, 0.25) is 0 Å². The molecular formula is C15H26N4O2. The number of aromatic nitrogens is 1. The average Bonchev–Trinajstić information content (AvgIpc) is 2.46. The fraction of sp³-hybridized carbons (Fsp3) is 0.600. The maximum atomic E-state index is 11.8. The van der Waals surface area contributed by atoms with E-state index in [0.29, 0.717) is 24.6 Å². The highest BCUT2D eigenvalue weighted by atomic mass is 16.3. The number of aliphatic hydroxyl groups excluding tert-OH is 1. The van der Waals surface area contributed by atoms with Crippen LogP contribution in [0.15, 0.2) is 18.3 Å². The van der Waals surface area contributed by atoms with Gasteiger partial charge in [-0.2, -0.15) is 0 Å². The number of hydrogen-bond donors (Lipinski definition) is 3. The molecule has 118 valence electrons. The van der Waals surface area contributed by atoms with E-state index in [1.54, 1.807) is 6.20 Å². The zero-order valence-corrected chi connectivity index (χ0v) is 13.1. The predicted octanol–water partition coefficient (Wildman–Crippen LogP) is 2.07. The fourth-order valence-electron chi connectivity index (χ4n) is 2.08. The van der Waals surface area contributed by atoms with Crippen molar-refractivity contribution in [3.8, 4) is 0 Å². The summed E-state index contributed by atoms with van der Waals surface area (Å²) in [5, 5.41) is 14.6. The molecule has 21 heavy (non-hydrogen) atoms. The maximum Gasteiger partial charge on any atom is 0.319 e. The first-order valence-electron chi connectivity index (χ1n) is 7.35. The van der Waals surface area contributed by atoms with Crippen LogP contribution in [-0.4, -0.2) is 43.4 Å². The zero-order valence-electron chi connectivity index (χ0n) is 13.1. The largest absolute Gasteiger partial charge is 0.396 e. The Hall–Kier alpha value is -1.82. The minimum Gasteiger partial charge on any atom is -0.396 e. The summed E-state index contributed by atoms with van der Waals surface area (Å²) in [7, 11) is 3.83. The van der Waals surface area contributed by atoms with E-state index < -0.39 is 0 Å². The summed E-state index contributed by atoms with van der Waals surface area (Å²) in [6, 6.07) is 3.42. The van der Waals surface area contributed by atoms with Crippen LogP contribution < -0.4 is 15.5 Å². The number of aliphatic hydroxyl groups is 1. The highest BCUT2D eigenvalue weighted by molar-refractivity contribution is 5.89. The molecule has 0 aliphatic rings. The van der Waals surface area contributed by atoms with Gasteiger partial charge >= 0.3 is 6.03 Å². The van der Waals surface area contributed by atoms with Gasteiger partial charge in [0.15, 0.2) is 0 Å². The molecule has 3 N–H and O–H groups in total. The lowest BCUT2D eigenvalue weighted by molar-refractivity contribution is 0.236. The third-order valence-corrected chi connectivity index (χ3v) is 3.25. The molecule has 1 rings (SSSR count). The second-order valence-corrected chi connectivity index (χ2v) is 5.30. The van der Waals surface area contributed by atoms with E-state index in [2.05, 4.69) is 22.5 Å². The van der Waals surface area contributed by atoms with E-state index in [4.69, 9.17) is 5.11 Å². The Labute approximate surface area is 126 Å². The third-order valence-electron chi connectivity index (χ3n) is 3.25. The lowest BCUT2D eigenvalue weighted by Crippen LogP contribution is -2.33. The highest BCUT2D eigenvalue weighted by Gasteiger charge is 2.09. The Morgan fingerprint density at radius 2 is 2.14 bits per heavy atom. The molecule has 1 heterocycles. The summed E-state index contributed by atoms with van der Waals surface area (Å²) in [6.45, 7) is 2.83. The second-order valence-electron chi connectivity index (χ2n) is 5.30. The number of hydrogen-bond acceptors (Lipinski definition) is 4. The van der Waals surface area contributed by atoms with Crippen LogP contribution in [0.4, 0.5) is 16.3 Å².